The minimum Gasteiger partial charge on any atom is -0.504 e. The maximum atomic E-state index is 13.3. The summed E-state index contributed by atoms with van der Waals surface area (Å²) in [7, 11) is 0. The zero-order chi connectivity index (χ0) is 25.3. The Bertz CT molecular complexity index is 1290. The molecule has 10 heteroatoms. The van der Waals surface area contributed by atoms with Crippen LogP contribution in [0, 0.1) is 0 Å². The molecule has 1 aliphatic rings. The van der Waals surface area contributed by atoms with Gasteiger partial charge in [-0.3, -0.25) is 4.79 Å². The molecular formula is C25H21Br2NO7. The van der Waals surface area contributed by atoms with Crippen LogP contribution < -0.4 is 4.74 Å². The van der Waals surface area contributed by atoms with Gasteiger partial charge in [0.25, 0.3) is 0 Å². The highest BCUT2D eigenvalue weighted by atomic mass is 79.9. The number of carbonyl (C=O) groups excluding carboxylic acids is 2. The molecule has 0 spiro atoms. The van der Waals surface area contributed by atoms with Gasteiger partial charge in [-0.2, -0.15) is 0 Å². The van der Waals surface area contributed by atoms with Gasteiger partial charge in [0, 0.05) is 19.4 Å². The number of fused-ring (bicyclic) bond motifs is 1. The number of aryl methyl sites for hydroxylation is 1. The minimum absolute atomic E-state index is 0.0338. The molecule has 1 atom stereocenters. The van der Waals surface area contributed by atoms with E-state index in [1.54, 1.807) is 24.3 Å². The first-order chi connectivity index (χ1) is 16.6. The molecule has 182 valence electrons. The molecule has 0 aliphatic carbocycles. The van der Waals surface area contributed by atoms with Crippen molar-refractivity contribution in [1.29, 1.82) is 0 Å². The van der Waals surface area contributed by atoms with Crippen molar-refractivity contribution in [1.82, 2.24) is 4.90 Å². The first kappa shape index (κ1) is 24.9. The molecule has 35 heavy (non-hydrogen) atoms. The van der Waals surface area contributed by atoms with Gasteiger partial charge in [-0.05, 0) is 91.4 Å². The second kappa shape index (κ2) is 10.2. The lowest BCUT2D eigenvalue weighted by Crippen LogP contribution is -2.50. The topological polar surface area (TPSA) is 128 Å². The van der Waals surface area contributed by atoms with Crippen molar-refractivity contribution in [2.75, 3.05) is 0 Å². The highest BCUT2D eigenvalue weighted by molar-refractivity contribution is 9.11. The molecule has 4 N–H and O–H groups in total. The Morgan fingerprint density at radius 2 is 1.51 bits per heavy atom. The number of rotatable bonds is 5. The van der Waals surface area contributed by atoms with Gasteiger partial charge in [-0.15, -0.1) is 0 Å². The van der Waals surface area contributed by atoms with E-state index in [4.69, 9.17) is 4.74 Å². The zero-order valence-electron chi connectivity index (χ0n) is 18.2. The van der Waals surface area contributed by atoms with Crippen molar-refractivity contribution >= 4 is 43.7 Å². The number of ether oxygens (including phenoxy) is 1. The average Bonchev–Trinajstić information content (AvgIpc) is 2.82. The van der Waals surface area contributed by atoms with Crippen molar-refractivity contribution in [3.63, 3.8) is 0 Å². The molecule has 4 rings (SSSR count). The lowest BCUT2D eigenvalue weighted by molar-refractivity contribution is -0.149. The van der Waals surface area contributed by atoms with E-state index in [1.165, 1.54) is 29.2 Å². The number of benzene rings is 3. The molecule has 3 aromatic carbocycles. The number of hydrogen-bond donors (Lipinski definition) is 4. The Hall–Kier alpha value is -3.24. The Kier molecular flexibility index (Phi) is 7.23. The Labute approximate surface area is 217 Å². The van der Waals surface area contributed by atoms with Crippen LogP contribution in [-0.4, -0.2) is 43.2 Å². The second-order valence-corrected chi connectivity index (χ2v) is 9.85. The smallest absolute Gasteiger partial charge is 0.334 e. The molecule has 1 aliphatic heterocycles. The number of nitrogens with zero attached hydrogens (tertiary/aromatic N) is 1. The van der Waals surface area contributed by atoms with Crippen LogP contribution in [0.15, 0.2) is 57.5 Å². The normalized spacial score (nSPS) is 14.9. The largest absolute Gasteiger partial charge is 0.504 e. The SMILES string of the molecule is O=C(Oc1c(Br)cccc1Br)[C@@H]1Cc2cc(O)c(O)cc2CN1C(=O)CCc1ccc(O)c(O)c1. The summed E-state index contributed by atoms with van der Waals surface area (Å²) in [5.74, 6) is -1.85. The molecule has 1 amide bonds. The highest BCUT2D eigenvalue weighted by Crippen LogP contribution is 2.36. The quantitative estimate of drug-likeness (QED) is 0.191. The monoisotopic (exact) mass is 605 g/mol. The number of hydrogen-bond acceptors (Lipinski definition) is 7. The number of phenolic OH excluding ortho intramolecular Hbond substituents is 4. The van der Waals surface area contributed by atoms with Crippen LogP contribution in [0.5, 0.6) is 28.7 Å². The van der Waals surface area contributed by atoms with E-state index in [2.05, 4.69) is 31.9 Å². The molecule has 0 saturated heterocycles. The first-order valence-corrected chi connectivity index (χ1v) is 12.2. The van der Waals surface area contributed by atoms with Gasteiger partial charge in [0.2, 0.25) is 5.91 Å². The van der Waals surface area contributed by atoms with E-state index in [9.17, 15) is 30.0 Å². The Morgan fingerprint density at radius 3 is 2.17 bits per heavy atom. The summed E-state index contributed by atoms with van der Waals surface area (Å²) in [6.45, 7) is 0.0414. The number of aromatic hydroxyl groups is 4. The number of carbonyl (C=O) groups is 2. The lowest BCUT2D eigenvalue weighted by Gasteiger charge is -2.35. The molecule has 0 radical (unpaired) electrons. The van der Waals surface area contributed by atoms with Crippen molar-refractivity contribution < 1.29 is 34.8 Å². The molecule has 3 aromatic rings. The summed E-state index contributed by atoms with van der Waals surface area (Å²) in [6.07, 6.45) is 0.399. The van der Waals surface area contributed by atoms with E-state index in [-0.39, 0.29) is 60.5 Å². The van der Waals surface area contributed by atoms with Gasteiger partial charge >= 0.3 is 5.97 Å². The highest BCUT2D eigenvalue weighted by Gasteiger charge is 2.37. The van der Waals surface area contributed by atoms with Gasteiger partial charge in [0.1, 0.15) is 6.04 Å². The number of amides is 1. The Balaban J connectivity index is 1.60. The molecule has 8 nitrogen and oxygen atoms in total. The van der Waals surface area contributed by atoms with Crippen molar-refractivity contribution in [2.24, 2.45) is 0 Å². The summed E-state index contributed by atoms with van der Waals surface area (Å²) in [5, 5.41) is 39.1. The predicted molar refractivity (Wildman–Crippen MR) is 133 cm³/mol. The van der Waals surface area contributed by atoms with Crippen LogP contribution in [0.3, 0.4) is 0 Å². The predicted octanol–water partition coefficient (Wildman–Crippen LogP) is 4.53. The van der Waals surface area contributed by atoms with Crippen LogP contribution in [0.2, 0.25) is 0 Å². The number of esters is 1. The molecule has 0 fully saturated rings. The molecule has 0 unspecified atom stereocenters. The average molecular weight is 607 g/mol. The number of phenols is 4. The zero-order valence-corrected chi connectivity index (χ0v) is 21.4. The van der Waals surface area contributed by atoms with Crippen LogP contribution in [0.1, 0.15) is 23.1 Å². The third kappa shape index (κ3) is 5.38. The van der Waals surface area contributed by atoms with E-state index in [1.807, 2.05) is 0 Å². The van der Waals surface area contributed by atoms with E-state index in [0.717, 1.165) is 0 Å². The fourth-order valence-corrected chi connectivity index (χ4v) is 5.11. The van der Waals surface area contributed by atoms with Crippen LogP contribution in [-0.2, 0) is 29.0 Å². The van der Waals surface area contributed by atoms with Gasteiger partial charge < -0.3 is 30.1 Å². The second-order valence-electron chi connectivity index (χ2n) is 8.15. The van der Waals surface area contributed by atoms with Crippen molar-refractivity contribution in [3.05, 3.63) is 74.2 Å². The summed E-state index contributed by atoms with van der Waals surface area (Å²) in [5.41, 5.74) is 1.88. The standard InChI is InChI=1S/C25H21Br2NO7/c26-16-2-1-3-17(27)24(16)35-25(34)18-9-14-10-21(31)22(32)11-15(14)12-28(18)23(33)7-5-13-4-6-19(29)20(30)8-13/h1-4,6,8,10-11,18,29-32H,5,7,9,12H2/t18-/m0/s1. The maximum Gasteiger partial charge on any atom is 0.334 e. The Morgan fingerprint density at radius 1 is 0.886 bits per heavy atom. The van der Waals surface area contributed by atoms with Crippen LogP contribution in [0.25, 0.3) is 0 Å². The maximum absolute atomic E-state index is 13.3. The third-order valence-electron chi connectivity index (χ3n) is 5.81. The fourth-order valence-electron chi connectivity index (χ4n) is 3.95. The van der Waals surface area contributed by atoms with Gasteiger partial charge in [0.05, 0.1) is 8.95 Å². The fraction of sp³-hybridized carbons (Fsp3) is 0.200. The van der Waals surface area contributed by atoms with E-state index in [0.29, 0.717) is 25.6 Å². The van der Waals surface area contributed by atoms with Crippen LogP contribution >= 0.6 is 31.9 Å². The number of halogens is 2. The molecular weight excluding hydrogens is 586 g/mol. The summed E-state index contributed by atoms with van der Waals surface area (Å²) in [4.78, 5) is 27.9. The minimum atomic E-state index is -0.967. The molecule has 0 aromatic heterocycles. The number of para-hydroxylation sites is 1. The lowest BCUT2D eigenvalue weighted by atomic mass is 9.92. The van der Waals surface area contributed by atoms with Crippen molar-refractivity contribution in [3.8, 4) is 28.7 Å². The molecule has 1 heterocycles. The van der Waals surface area contributed by atoms with Crippen LogP contribution in [0.4, 0.5) is 0 Å². The summed E-state index contributed by atoms with van der Waals surface area (Å²) in [6, 6.07) is 11.4. The van der Waals surface area contributed by atoms with Gasteiger partial charge in [-0.25, -0.2) is 4.79 Å². The van der Waals surface area contributed by atoms with Crippen molar-refractivity contribution in [2.45, 2.75) is 31.8 Å². The summed E-state index contributed by atoms with van der Waals surface area (Å²) >= 11 is 6.72. The molecule has 0 bridgehead atoms. The van der Waals surface area contributed by atoms with E-state index >= 15 is 0 Å². The third-order valence-corrected chi connectivity index (χ3v) is 7.06. The van der Waals surface area contributed by atoms with E-state index < -0.39 is 12.0 Å². The molecule has 0 saturated carbocycles. The summed E-state index contributed by atoms with van der Waals surface area (Å²) < 4.78 is 6.78. The van der Waals surface area contributed by atoms with Gasteiger partial charge in [0.15, 0.2) is 28.7 Å². The van der Waals surface area contributed by atoms with Gasteiger partial charge in [-0.1, -0.05) is 12.1 Å². The first-order valence-electron chi connectivity index (χ1n) is 10.6.